The summed E-state index contributed by atoms with van der Waals surface area (Å²) in [4.78, 5) is 14.5. The smallest absolute Gasteiger partial charge is 0.255 e. The van der Waals surface area contributed by atoms with Crippen molar-refractivity contribution >= 4 is 37.8 Å². The van der Waals surface area contributed by atoms with Crippen molar-refractivity contribution in [1.82, 2.24) is 4.90 Å². The number of amides is 1. The number of hydrogen-bond donors (Lipinski definition) is 1. The van der Waals surface area contributed by atoms with Gasteiger partial charge in [0.2, 0.25) is 0 Å². The van der Waals surface area contributed by atoms with Crippen LogP contribution in [0.5, 0.6) is 5.75 Å². The number of phenolic OH excluding ortho intramolecular Hbond substituents is 1. The van der Waals surface area contributed by atoms with Gasteiger partial charge in [0, 0.05) is 12.1 Å². The molecule has 0 saturated heterocycles. The van der Waals surface area contributed by atoms with E-state index in [4.69, 9.17) is 0 Å². The summed E-state index contributed by atoms with van der Waals surface area (Å²) in [6, 6.07) is 1.96. The lowest BCUT2D eigenvalue weighted by Gasteiger charge is -2.31. The van der Waals surface area contributed by atoms with Gasteiger partial charge < -0.3 is 10.0 Å². The van der Waals surface area contributed by atoms with Gasteiger partial charge >= 0.3 is 0 Å². The number of halogens is 2. The minimum atomic E-state index is -0.0721. The molecule has 0 bridgehead atoms. The third kappa shape index (κ3) is 3.31. The number of aromatic hydroxyl groups is 1. The van der Waals surface area contributed by atoms with Gasteiger partial charge in [-0.05, 0) is 78.1 Å². The molecular formula is C14H19Br2NO2. The molecule has 1 amide bonds. The van der Waals surface area contributed by atoms with E-state index in [-0.39, 0.29) is 23.7 Å². The van der Waals surface area contributed by atoms with E-state index in [9.17, 15) is 9.90 Å². The van der Waals surface area contributed by atoms with Crippen molar-refractivity contribution in [1.29, 1.82) is 0 Å². The van der Waals surface area contributed by atoms with Gasteiger partial charge in [0.15, 0.2) is 0 Å². The summed E-state index contributed by atoms with van der Waals surface area (Å²) in [5, 5.41) is 9.95. The highest BCUT2D eigenvalue weighted by Gasteiger charge is 2.26. The first-order valence-electron chi connectivity index (χ1n) is 6.18. The number of hydrogen-bond acceptors (Lipinski definition) is 2. The average Bonchev–Trinajstić information content (AvgIpc) is 2.24. The van der Waals surface area contributed by atoms with Gasteiger partial charge in [-0.3, -0.25) is 4.79 Å². The lowest BCUT2D eigenvalue weighted by molar-refractivity contribution is 0.0641. The van der Waals surface area contributed by atoms with Crippen LogP contribution in [0, 0.1) is 6.92 Å². The number of aryl methyl sites for hydroxylation is 1. The number of carbonyl (C=O) groups excluding carboxylic acids is 1. The van der Waals surface area contributed by atoms with E-state index < -0.39 is 0 Å². The molecule has 0 aromatic heterocycles. The van der Waals surface area contributed by atoms with Crippen LogP contribution in [0.4, 0.5) is 0 Å². The van der Waals surface area contributed by atoms with Crippen molar-refractivity contribution in [3.05, 3.63) is 26.1 Å². The van der Waals surface area contributed by atoms with E-state index in [0.717, 1.165) is 5.56 Å². The highest BCUT2D eigenvalue weighted by atomic mass is 79.9. The molecule has 0 aliphatic carbocycles. The SMILES string of the molecule is Cc1cc(Br)c(O)c(Br)c1C(=O)N(C(C)C)C(C)C. The molecule has 1 aromatic rings. The lowest BCUT2D eigenvalue weighted by Crippen LogP contribution is -2.42. The molecule has 0 radical (unpaired) electrons. The topological polar surface area (TPSA) is 40.5 Å². The lowest BCUT2D eigenvalue weighted by atomic mass is 10.1. The first-order valence-corrected chi connectivity index (χ1v) is 7.77. The average molecular weight is 393 g/mol. The van der Waals surface area contributed by atoms with Crippen LogP contribution in [-0.2, 0) is 0 Å². The molecule has 0 fully saturated rings. The summed E-state index contributed by atoms with van der Waals surface area (Å²) < 4.78 is 1.02. The van der Waals surface area contributed by atoms with Crippen LogP contribution in [0.15, 0.2) is 15.0 Å². The van der Waals surface area contributed by atoms with Gasteiger partial charge in [-0.15, -0.1) is 0 Å². The third-order valence-corrected chi connectivity index (χ3v) is 4.33. The zero-order valence-electron chi connectivity index (χ0n) is 11.8. The fraction of sp³-hybridized carbons (Fsp3) is 0.500. The Kier molecular flexibility index (Phi) is 5.44. The Hall–Kier alpha value is -0.550. The van der Waals surface area contributed by atoms with Crippen molar-refractivity contribution in [2.75, 3.05) is 0 Å². The van der Waals surface area contributed by atoms with Crippen LogP contribution < -0.4 is 0 Å². The summed E-state index contributed by atoms with van der Waals surface area (Å²) in [5.74, 6) is -0.0152. The zero-order chi connectivity index (χ0) is 14.9. The zero-order valence-corrected chi connectivity index (χ0v) is 15.0. The van der Waals surface area contributed by atoms with E-state index in [1.807, 2.05) is 34.6 Å². The molecule has 106 valence electrons. The van der Waals surface area contributed by atoms with Crippen molar-refractivity contribution in [3.8, 4) is 5.75 Å². The fourth-order valence-corrected chi connectivity index (χ4v) is 3.69. The van der Waals surface area contributed by atoms with Crippen molar-refractivity contribution in [3.63, 3.8) is 0 Å². The molecule has 0 aliphatic heterocycles. The van der Waals surface area contributed by atoms with Gasteiger partial charge in [-0.1, -0.05) is 0 Å². The monoisotopic (exact) mass is 391 g/mol. The Labute approximate surface area is 131 Å². The standard InChI is InChI=1S/C14H19Br2NO2/c1-7(2)17(8(3)4)14(19)11-9(5)6-10(15)13(18)12(11)16/h6-8,18H,1-5H3. The van der Waals surface area contributed by atoms with Crippen molar-refractivity contribution in [2.24, 2.45) is 0 Å². The highest BCUT2D eigenvalue weighted by molar-refractivity contribution is 9.11. The summed E-state index contributed by atoms with van der Waals surface area (Å²) in [6.45, 7) is 9.81. The quantitative estimate of drug-likeness (QED) is 0.823. The predicted molar refractivity (Wildman–Crippen MR) is 84.7 cm³/mol. The molecule has 0 unspecified atom stereocenters. The van der Waals surface area contributed by atoms with Gasteiger partial charge in [-0.25, -0.2) is 0 Å². The highest BCUT2D eigenvalue weighted by Crippen LogP contribution is 2.37. The van der Waals surface area contributed by atoms with Crippen LogP contribution >= 0.6 is 31.9 Å². The first kappa shape index (κ1) is 16.5. The molecular weight excluding hydrogens is 374 g/mol. The van der Waals surface area contributed by atoms with Gasteiger partial charge in [0.1, 0.15) is 5.75 Å². The summed E-state index contributed by atoms with van der Waals surface area (Å²) in [7, 11) is 0. The van der Waals surface area contributed by atoms with Crippen LogP contribution in [0.3, 0.4) is 0 Å². The van der Waals surface area contributed by atoms with E-state index >= 15 is 0 Å². The molecule has 0 spiro atoms. The molecule has 0 aliphatic rings. The molecule has 3 nitrogen and oxygen atoms in total. The largest absolute Gasteiger partial charge is 0.506 e. The molecule has 0 saturated carbocycles. The Morgan fingerprint density at radius 2 is 1.68 bits per heavy atom. The number of phenols is 1. The summed E-state index contributed by atoms with van der Waals surface area (Å²) in [5.41, 5.74) is 1.34. The van der Waals surface area contributed by atoms with E-state index in [1.54, 1.807) is 11.0 Å². The van der Waals surface area contributed by atoms with E-state index in [2.05, 4.69) is 31.9 Å². The third-order valence-electron chi connectivity index (χ3n) is 2.95. The maximum absolute atomic E-state index is 12.7. The second-order valence-corrected chi connectivity index (χ2v) is 6.76. The fourth-order valence-electron chi connectivity index (χ4n) is 2.18. The normalized spacial score (nSPS) is 11.2. The molecule has 0 atom stereocenters. The van der Waals surface area contributed by atoms with Crippen molar-refractivity contribution < 1.29 is 9.90 Å². The summed E-state index contributed by atoms with van der Waals surface area (Å²) >= 11 is 6.59. The molecule has 5 heteroatoms. The Morgan fingerprint density at radius 1 is 1.21 bits per heavy atom. The first-order chi connectivity index (χ1) is 8.68. The molecule has 1 N–H and O–H groups in total. The number of benzene rings is 1. The number of carbonyl (C=O) groups is 1. The second-order valence-electron chi connectivity index (χ2n) is 5.11. The molecule has 1 rings (SSSR count). The molecule has 19 heavy (non-hydrogen) atoms. The molecule has 1 aromatic carbocycles. The number of rotatable bonds is 3. The maximum atomic E-state index is 12.7. The Balaban J connectivity index is 3.38. The van der Waals surface area contributed by atoms with E-state index in [1.165, 1.54) is 0 Å². The van der Waals surface area contributed by atoms with Crippen LogP contribution in [-0.4, -0.2) is 28.0 Å². The van der Waals surface area contributed by atoms with Crippen LogP contribution in [0.1, 0.15) is 43.6 Å². The Morgan fingerprint density at radius 3 is 2.11 bits per heavy atom. The van der Waals surface area contributed by atoms with Crippen LogP contribution in [0.25, 0.3) is 0 Å². The van der Waals surface area contributed by atoms with Crippen LogP contribution in [0.2, 0.25) is 0 Å². The van der Waals surface area contributed by atoms with Crippen molar-refractivity contribution in [2.45, 2.75) is 46.7 Å². The predicted octanol–water partition coefficient (Wildman–Crippen LogP) is 4.48. The Bertz CT molecular complexity index is 491. The minimum Gasteiger partial charge on any atom is -0.506 e. The molecule has 0 heterocycles. The van der Waals surface area contributed by atoms with Gasteiger partial charge in [0.05, 0.1) is 14.5 Å². The van der Waals surface area contributed by atoms with E-state index in [0.29, 0.717) is 14.5 Å². The maximum Gasteiger partial charge on any atom is 0.255 e. The second kappa shape index (κ2) is 6.27. The van der Waals surface area contributed by atoms with Gasteiger partial charge in [-0.2, -0.15) is 0 Å². The number of nitrogens with zero attached hydrogens (tertiary/aromatic N) is 1. The van der Waals surface area contributed by atoms with Gasteiger partial charge in [0.25, 0.3) is 5.91 Å². The summed E-state index contributed by atoms with van der Waals surface area (Å²) in [6.07, 6.45) is 0. The minimum absolute atomic E-state index is 0.0569.